The molecule has 0 amide bonds. The number of ether oxygens (including phenoxy) is 1. The summed E-state index contributed by atoms with van der Waals surface area (Å²) in [7, 11) is 1.64. The fourth-order valence-electron chi connectivity index (χ4n) is 2.21. The highest BCUT2D eigenvalue weighted by molar-refractivity contribution is 9.11. The van der Waals surface area contributed by atoms with Crippen molar-refractivity contribution in [1.82, 2.24) is 0 Å². The van der Waals surface area contributed by atoms with E-state index >= 15 is 0 Å². The zero-order valence-corrected chi connectivity index (χ0v) is 13.4. The second kappa shape index (κ2) is 6.06. The van der Waals surface area contributed by atoms with Gasteiger partial charge in [0.05, 0.1) is 17.3 Å². The number of halogens is 2. The van der Waals surface area contributed by atoms with E-state index in [2.05, 4.69) is 36.9 Å². The number of hydrogen-bond donors (Lipinski definition) is 1. The molecule has 0 aliphatic heterocycles. The zero-order valence-electron chi connectivity index (χ0n) is 10.2. The van der Waals surface area contributed by atoms with E-state index in [0.29, 0.717) is 5.92 Å². The maximum Gasteiger partial charge on any atom is 0.135 e. The number of nitrogens with zero attached hydrogens (tertiary/aromatic N) is 1. The maximum atomic E-state index is 6.09. The van der Waals surface area contributed by atoms with Crippen molar-refractivity contribution in [2.24, 2.45) is 16.6 Å². The van der Waals surface area contributed by atoms with Gasteiger partial charge in [-0.25, -0.2) is 4.99 Å². The summed E-state index contributed by atoms with van der Waals surface area (Å²) in [5, 5.41) is 0. The van der Waals surface area contributed by atoms with Crippen LogP contribution in [-0.4, -0.2) is 12.9 Å². The average Bonchev–Trinajstić information content (AvgIpc) is 2.86. The van der Waals surface area contributed by atoms with Gasteiger partial charge in [-0.3, -0.25) is 0 Å². The van der Waals surface area contributed by atoms with Gasteiger partial charge in [-0.15, -0.1) is 0 Å². The first-order valence-electron chi connectivity index (χ1n) is 5.99. The van der Waals surface area contributed by atoms with Crippen molar-refractivity contribution < 1.29 is 4.74 Å². The van der Waals surface area contributed by atoms with E-state index < -0.39 is 0 Å². The van der Waals surface area contributed by atoms with Crippen LogP contribution in [0, 0.1) is 5.92 Å². The molecule has 1 aromatic rings. The second-order valence-electron chi connectivity index (χ2n) is 4.46. The number of benzene rings is 1. The van der Waals surface area contributed by atoms with Gasteiger partial charge < -0.3 is 10.5 Å². The highest BCUT2D eigenvalue weighted by atomic mass is 79.9. The van der Waals surface area contributed by atoms with Crippen molar-refractivity contribution in [2.75, 3.05) is 7.11 Å². The molecule has 0 spiro atoms. The van der Waals surface area contributed by atoms with Crippen molar-refractivity contribution in [2.45, 2.75) is 25.7 Å². The first-order valence-corrected chi connectivity index (χ1v) is 7.57. The Morgan fingerprint density at radius 3 is 2.56 bits per heavy atom. The number of aliphatic imine (C=N–C) groups is 1. The standard InChI is InChI=1S/C13H16Br2N2O/c1-18-12-7-11(9(14)6-10(12)15)17-13(16)8-4-2-3-5-8/h6-8H,2-5H2,1H3,(H2,16,17). The smallest absolute Gasteiger partial charge is 0.135 e. The van der Waals surface area contributed by atoms with Gasteiger partial charge in [0.15, 0.2) is 0 Å². The Kier molecular flexibility index (Phi) is 4.67. The molecule has 1 aliphatic rings. The summed E-state index contributed by atoms with van der Waals surface area (Å²) < 4.78 is 7.08. The molecule has 98 valence electrons. The van der Waals surface area contributed by atoms with Crippen molar-refractivity contribution in [3.63, 3.8) is 0 Å². The quantitative estimate of drug-likeness (QED) is 0.628. The minimum Gasteiger partial charge on any atom is -0.495 e. The van der Waals surface area contributed by atoms with Crippen LogP contribution in [0.15, 0.2) is 26.1 Å². The SMILES string of the molecule is COc1cc(N=C(N)C2CCCC2)c(Br)cc1Br. The molecule has 18 heavy (non-hydrogen) atoms. The highest BCUT2D eigenvalue weighted by Crippen LogP contribution is 2.37. The number of methoxy groups -OCH3 is 1. The molecular formula is C13H16Br2N2O. The third kappa shape index (κ3) is 3.06. The Morgan fingerprint density at radius 2 is 1.94 bits per heavy atom. The molecule has 0 unspecified atom stereocenters. The fourth-order valence-corrected chi connectivity index (χ4v) is 3.46. The summed E-state index contributed by atoms with van der Waals surface area (Å²) in [6.07, 6.45) is 4.82. The molecule has 0 heterocycles. The Hall–Kier alpha value is -0.550. The van der Waals surface area contributed by atoms with Gasteiger partial charge in [0.1, 0.15) is 11.6 Å². The third-order valence-electron chi connectivity index (χ3n) is 3.24. The molecule has 0 saturated heterocycles. The highest BCUT2D eigenvalue weighted by Gasteiger charge is 2.19. The van der Waals surface area contributed by atoms with E-state index in [-0.39, 0.29) is 0 Å². The summed E-state index contributed by atoms with van der Waals surface area (Å²) in [4.78, 5) is 4.54. The Balaban J connectivity index is 2.29. The molecular weight excluding hydrogens is 360 g/mol. The summed E-state index contributed by atoms with van der Waals surface area (Å²) in [5.41, 5.74) is 6.91. The van der Waals surface area contributed by atoms with Gasteiger partial charge in [-0.1, -0.05) is 12.8 Å². The minimum absolute atomic E-state index is 0.437. The van der Waals surface area contributed by atoms with Gasteiger partial charge in [-0.05, 0) is 50.8 Å². The fraction of sp³-hybridized carbons (Fsp3) is 0.462. The van der Waals surface area contributed by atoms with Crippen LogP contribution in [0.3, 0.4) is 0 Å². The Morgan fingerprint density at radius 1 is 1.28 bits per heavy atom. The molecule has 2 N–H and O–H groups in total. The van der Waals surface area contributed by atoms with E-state index in [0.717, 1.165) is 39.1 Å². The van der Waals surface area contributed by atoms with Crippen LogP contribution >= 0.6 is 31.9 Å². The Labute approximate surface area is 124 Å². The molecule has 0 aromatic heterocycles. The topological polar surface area (TPSA) is 47.6 Å². The summed E-state index contributed by atoms with van der Waals surface area (Å²) in [5.74, 6) is 1.93. The lowest BCUT2D eigenvalue weighted by Gasteiger charge is -2.10. The van der Waals surface area contributed by atoms with E-state index in [1.165, 1.54) is 12.8 Å². The third-order valence-corrected chi connectivity index (χ3v) is 4.50. The molecule has 1 aromatic carbocycles. The van der Waals surface area contributed by atoms with E-state index in [1.807, 2.05) is 12.1 Å². The normalized spacial score (nSPS) is 17.2. The van der Waals surface area contributed by atoms with Crippen LogP contribution in [0.25, 0.3) is 0 Å². The number of amidine groups is 1. The van der Waals surface area contributed by atoms with Gasteiger partial charge >= 0.3 is 0 Å². The van der Waals surface area contributed by atoms with Crippen molar-refractivity contribution in [3.8, 4) is 5.75 Å². The van der Waals surface area contributed by atoms with Crippen LogP contribution < -0.4 is 10.5 Å². The van der Waals surface area contributed by atoms with Gasteiger partial charge in [0.25, 0.3) is 0 Å². The molecule has 3 nitrogen and oxygen atoms in total. The molecule has 1 aliphatic carbocycles. The van der Waals surface area contributed by atoms with Crippen LogP contribution in [0.5, 0.6) is 5.75 Å². The maximum absolute atomic E-state index is 6.09. The number of nitrogens with two attached hydrogens (primary N) is 1. The molecule has 0 atom stereocenters. The zero-order chi connectivity index (χ0) is 13.1. The van der Waals surface area contributed by atoms with Crippen molar-refractivity contribution in [1.29, 1.82) is 0 Å². The van der Waals surface area contributed by atoms with E-state index in [4.69, 9.17) is 10.5 Å². The van der Waals surface area contributed by atoms with Gasteiger partial charge in [0, 0.05) is 16.5 Å². The monoisotopic (exact) mass is 374 g/mol. The summed E-state index contributed by atoms with van der Waals surface area (Å²) >= 11 is 6.94. The van der Waals surface area contributed by atoms with Gasteiger partial charge in [0.2, 0.25) is 0 Å². The van der Waals surface area contributed by atoms with Crippen molar-refractivity contribution in [3.05, 3.63) is 21.1 Å². The van der Waals surface area contributed by atoms with Gasteiger partial charge in [-0.2, -0.15) is 0 Å². The largest absolute Gasteiger partial charge is 0.495 e. The summed E-state index contributed by atoms with van der Waals surface area (Å²) in [6.45, 7) is 0. The first kappa shape index (κ1) is 13.9. The lowest BCUT2D eigenvalue weighted by molar-refractivity contribution is 0.412. The summed E-state index contributed by atoms with van der Waals surface area (Å²) in [6, 6.07) is 3.82. The number of rotatable bonds is 3. The van der Waals surface area contributed by atoms with Crippen LogP contribution in [-0.2, 0) is 0 Å². The molecule has 1 saturated carbocycles. The van der Waals surface area contributed by atoms with Crippen LogP contribution in [0.2, 0.25) is 0 Å². The van der Waals surface area contributed by atoms with E-state index in [1.54, 1.807) is 7.11 Å². The van der Waals surface area contributed by atoms with E-state index in [9.17, 15) is 0 Å². The molecule has 2 rings (SSSR count). The predicted molar refractivity (Wildman–Crippen MR) is 81.6 cm³/mol. The average molecular weight is 376 g/mol. The molecule has 0 radical (unpaired) electrons. The lowest BCUT2D eigenvalue weighted by atomic mass is 10.1. The van der Waals surface area contributed by atoms with Crippen molar-refractivity contribution >= 4 is 43.4 Å². The molecule has 1 fully saturated rings. The molecule has 0 bridgehead atoms. The lowest BCUT2D eigenvalue weighted by Crippen LogP contribution is -2.20. The number of hydrogen-bond acceptors (Lipinski definition) is 2. The minimum atomic E-state index is 0.437. The van der Waals surface area contributed by atoms with Crippen LogP contribution in [0.1, 0.15) is 25.7 Å². The van der Waals surface area contributed by atoms with Crippen LogP contribution in [0.4, 0.5) is 5.69 Å². The predicted octanol–water partition coefficient (Wildman–Crippen LogP) is 4.40. The molecule has 5 heteroatoms. The Bertz CT molecular complexity index is 468. The second-order valence-corrected chi connectivity index (χ2v) is 6.16. The first-order chi connectivity index (χ1) is 8.61.